The topological polar surface area (TPSA) is 46.4 Å². The number of carbonyl (C=O) groups excluding carboxylic acids is 1. The maximum Gasteiger partial charge on any atom is 0.418 e. The van der Waals surface area contributed by atoms with E-state index in [0.29, 0.717) is 28.2 Å². The highest BCUT2D eigenvalue weighted by Crippen LogP contribution is 2.36. The molecule has 1 N–H and O–H groups in total. The van der Waals surface area contributed by atoms with Gasteiger partial charge in [0, 0.05) is 16.8 Å². The number of imidazole rings is 1. The number of alkyl halides is 3. The van der Waals surface area contributed by atoms with Gasteiger partial charge in [0.15, 0.2) is 0 Å². The minimum Gasteiger partial charge on any atom is -0.325 e. The average molecular weight is 476 g/mol. The summed E-state index contributed by atoms with van der Waals surface area (Å²) in [6, 6.07) is 11.3. The van der Waals surface area contributed by atoms with Gasteiger partial charge >= 0.3 is 6.18 Å². The van der Waals surface area contributed by atoms with E-state index in [1.54, 1.807) is 35.7 Å². The quantitative estimate of drug-likeness (QED) is 0.337. The van der Waals surface area contributed by atoms with Crippen molar-refractivity contribution in [2.24, 2.45) is 0 Å². The minimum absolute atomic E-state index is 0.0912. The Bertz CT molecular complexity index is 1380. The molecule has 0 radical (unpaired) electrons. The zero-order valence-corrected chi connectivity index (χ0v) is 18.4. The van der Waals surface area contributed by atoms with Crippen molar-refractivity contribution in [1.82, 2.24) is 9.38 Å². The number of carbonyl (C=O) groups is 1. The molecule has 0 saturated heterocycles. The lowest BCUT2D eigenvalue weighted by molar-refractivity contribution is -0.137. The molecule has 0 unspecified atom stereocenters. The van der Waals surface area contributed by atoms with Crippen LogP contribution in [0, 0.1) is 19.7 Å². The lowest BCUT2D eigenvalue weighted by atomic mass is 10.1. The number of nitrogens with zero attached hydrogens (tertiary/aromatic N) is 2. The van der Waals surface area contributed by atoms with Crippen molar-refractivity contribution < 1.29 is 22.4 Å². The molecule has 4 rings (SSSR count). The van der Waals surface area contributed by atoms with Crippen LogP contribution in [0.15, 0.2) is 54.7 Å². The lowest BCUT2D eigenvalue weighted by Gasteiger charge is -2.14. The molecule has 0 aliphatic heterocycles. The molecule has 0 spiro atoms. The molecule has 33 heavy (non-hydrogen) atoms. The summed E-state index contributed by atoms with van der Waals surface area (Å²) >= 11 is 5.72. The zero-order valence-electron chi connectivity index (χ0n) is 17.6. The van der Waals surface area contributed by atoms with Crippen LogP contribution in [-0.2, 0) is 17.4 Å². The second-order valence-electron chi connectivity index (χ2n) is 7.72. The molecular weight excluding hydrogens is 458 g/mol. The van der Waals surface area contributed by atoms with Crippen LogP contribution in [0.1, 0.15) is 22.4 Å². The predicted octanol–water partition coefficient (Wildman–Crippen LogP) is 6.61. The molecule has 2 heterocycles. The highest BCUT2D eigenvalue weighted by atomic mass is 35.5. The summed E-state index contributed by atoms with van der Waals surface area (Å²) in [6.07, 6.45) is -3.16. The third kappa shape index (κ3) is 4.71. The van der Waals surface area contributed by atoms with Gasteiger partial charge in [-0.1, -0.05) is 17.7 Å². The Morgan fingerprint density at radius 3 is 2.55 bits per heavy atom. The second-order valence-corrected chi connectivity index (χ2v) is 8.15. The number of pyridine rings is 1. The number of halogens is 5. The van der Waals surface area contributed by atoms with E-state index in [2.05, 4.69) is 10.3 Å². The maximum absolute atomic E-state index is 13.8. The molecule has 0 atom stereocenters. The number of hydrogen-bond donors (Lipinski definition) is 1. The first-order valence-corrected chi connectivity index (χ1v) is 10.3. The molecule has 2 aromatic carbocycles. The number of benzene rings is 2. The SMILES string of the molecule is Cc1ccc2nc(-c3ccc(F)c(C)c3)c(CC(=O)Nc3ccc(Cl)cc3C(F)(F)F)n2c1. The average Bonchev–Trinajstić information content (AvgIpc) is 3.08. The minimum atomic E-state index is -4.69. The number of aromatic nitrogens is 2. The van der Waals surface area contributed by atoms with E-state index < -0.39 is 17.6 Å². The van der Waals surface area contributed by atoms with Crippen molar-refractivity contribution in [2.45, 2.75) is 26.4 Å². The number of rotatable bonds is 4. The van der Waals surface area contributed by atoms with E-state index in [0.717, 1.165) is 17.7 Å². The second kappa shape index (κ2) is 8.51. The van der Waals surface area contributed by atoms with Crippen molar-refractivity contribution in [3.8, 4) is 11.3 Å². The zero-order chi connectivity index (χ0) is 23.9. The van der Waals surface area contributed by atoms with Crippen LogP contribution in [0.2, 0.25) is 5.02 Å². The molecule has 0 aliphatic rings. The Morgan fingerprint density at radius 1 is 1.09 bits per heavy atom. The van der Waals surface area contributed by atoms with Gasteiger partial charge in [-0.3, -0.25) is 4.79 Å². The van der Waals surface area contributed by atoms with E-state index in [4.69, 9.17) is 11.6 Å². The smallest absolute Gasteiger partial charge is 0.325 e. The maximum atomic E-state index is 13.8. The van der Waals surface area contributed by atoms with Crippen molar-refractivity contribution in [3.63, 3.8) is 0 Å². The summed E-state index contributed by atoms with van der Waals surface area (Å²) in [4.78, 5) is 17.5. The van der Waals surface area contributed by atoms with Crippen molar-refractivity contribution >= 4 is 28.8 Å². The number of aryl methyl sites for hydroxylation is 2. The molecule has 0 bridgehead atoms. The largest absolute Gasteiger partial charge is 0.418 e. The third-order valence-corrected chi connectivity index (χ3v) is 5.42. The summed E-state index contributed by atoms with van der Waals surface area (Å²) in [6.45, 7) is 3.48. The van der Waals surface area contributed by atoms with Crippen LogP contribution in [0.5, 0.6) is 0 Å². The number of hydrogen-bond acceptors (Lipinski definition) is 2. The number of nitrogens with one attached hydrogen (secondary N) is 1. The monoisotopic (exact) mass is 475 g/mol. The first-order valence-electron chi connectivity index (χ1n) is 9.93. The van der Waals surface area contributed by atoms with E-state index in [1.807, 2.05) is 13.0 Å². The Balaban J connectivity index is 1.75. The Labute approximate surface area is 191 Å². The molecule has 1 amide bonds. The first kappa shape index (κ1) is 22.8. The predicted molar refractivity (Wildman–Crippen MR) is 119 cm³/mol. The molecule has 4 aromatic rings. The van der Waals surface area contributed by atoms with Crippen molar-refractivity contribution in [2.75, 3.05) is 5.32 Å². The molecule has 9 heteroatoms. The molecule has 170 valence electrons. The first-order chi connectivity index (χ1) is 15.5. The van der Waals surface area contributed by atoms with E-state index in [1.165, 1.54) is 12.1 Å². The van der Waals surface area contributed by atoms with Crippen LogP contribution < -0.4 is 5.32 Å². The summed E-state index contributed by atoms with van der Waals surface area (Å²) < 4.78 is 55.7. The van der Waals surface area contributed by atoms with E-state index in [-0.39, 0.29) is 22.9 Å². The van der Waals surface area contributed by atoms with Gasteiger partial charge in [0.2, 0.25) is 5.91 Å². The van der Waals surface area contributed by atoms with Gasteiger partial charge in [0.1, 0.15) is 11.5 Å². The van der Waals surface area contributed by atoms with Gasteiger partial charge in [-0.05, 0) is 67.4 Å². The Kier molecular flexibility index (Phi) is 5.88. The van der Waals surface area contributed by atoms with Crippen molar-refractivity contribution in [3.05, 3.63) is 88.0 Å². The van der Waals surface area contributed by atoms with Crippen LogP contribution in [0.25, 0.3) is 16.9 Å². The number of fused-ring (bicyclic) bond motifs is 1. The molecule has 0 saturated carbocycles. The van der Waals surface area contributed by atoms with E-state index >= 15 is 0 Å². The fourth-order valence-electron chi connectivity index (χ4n) is 3.60. The van der Waals surface area contributed by atoms with Crippen LogP contribution in [0.3, 0.4) is 0 Å². The van der Waals surface area contributed by atoms with Gasteiger partial charge < -0.3 is 9.72 Å². The third-order valence-electron chi connectivity index (χ3n) is 5.19. The van der Waals surface area contributed by atoms with Gasteiger partial charge in [-0.15, -0.1) is 0 Å². The number of amides is 1. The van der Waals surface area contributed by atoms with Gasteiger partial charge in [0.05, 0.1) is 29.1 Å². The highest BCUT2D eigenvalue weighted by molar-refractivity contribution is 6.30. The highest BCUT2D eigenvalue weighted by Gasteiger charge is 2.34. The molecule has 4 nitrogen and oxygen atoms in total. The van der Waals surface area contributed by atoms with Crippen LogP contribution in [-0.4, -0.2) is 15.3 Å². The molecule has 0 aliphatic carbocycles. The normalized spacial score (nSPS) is 11.7. The van der Waals surface area contributed by atoms with Gasteiger partial charge in [-0.25, -0.2) is 9.37 Å². The fourth-order valence-corrected chi connectivity index (χ4v) is 3.77. The molecular formula is C24H18ClF4N3O. The standard InChI is InChI=1S/C24H18ClF4N3O/c1-13-3-8-21-31-23(15-4-6-18(26)14(2)9-15)20(32(21)12-13)11-22(33)30-19-7-5-16(25)10-17(19)24(27,28)29/h3-10,12H,11H2,1-2H3,(H,30,33). The Hall–Kier alpha value is -3.39. The summed E-state index contributed by atoms with van der Waals surface area (Å²) in [5.74, 6) is -1.04. The van der Waals surface area contributed by atoms with Crippen molar-refractivity contribution in [1.29, 1.82) is 0 Å². The van der Waals surface area contributed by atoms with Crippen LogP contribution >= 0.6 is 11.6 Å². The lowest BCUT2D eigenvalue weighted by Crippen LogP contribution is -2.19. The summed E-state index contributed by atoms with van der Waals surface area (Å²) in [7, 11) is 0. The number of anilines is 1. The van der Waals surface area contributed by atoms with Gasteiger partial charge in [-0.2, -0.15) is 13.2 Å². The van der Waals surface area contributed by atoms with Crippen LogP contribution in [0.4, 0.5) is 23.2 Å². The van der Waals surface area contributed by atoms with Gasteiger partial charge in [0.25, 0.3) is 0 Å². The Morgan fingerprint density at radius 2 is 1.85 bits per heavy atom. The van der Waals surface area contributed by atoms with E-state index in [9.17, 15) is 22.4 Å². The fraction of sp³-hybridized carbons (Fsp3) is 0.167. The summed E-state index contributed by atoms with van der Waals surface area (Å²) in [5, 5.41) is 2.25. The summed E-state index contributed by atoms with van der Waals surface area (Å²) in [5.41, 5.74) is 1.97. The molecule has 2 aromatic heterocycles. The molecule has 0 fully saturated rings.